The lowest BCUT2D eigenvalue weighted by molar-refractivity contribution is -0.119. The smallest absolute Gasteiger partial charge is 0.217 e. The maximum absolute atomic E-state index is 11.1. The van der Waals surface area contributed by atoms with Gasteiger partial charge in [0.25, 0.3) is 0 Å². The zero-order chi connectivity index (χ0) is 15.4. The van der Waals surface area contributed by atoms with Crippen LogP contribution in [0.3, 0.4) is 0 Å². The summed E-state index contributed by atoms with van der Waals surface area (Å²) in [5.74, 6) is 1.38. The third-order valence-corrected chi connectivity index (χ3v) is 4.29. The molecule has 21 heavy (non-hydrogen) atoms. The summed E-state index contributed by atoms with van der Waals surface area (Å²) in [6, 6.07) is 0.211. The predicted molar refractivity (Wildman–Crippen MR) is 84.8 cm³/mol. The monoisotopic (exact) mass is 311 g/mol. The van der Waals surface area contributed by atoms with Crippen molar-refractivity contribution >= 4 is 29.0 Å². The number of halogens is 1. The molecule has 1 fully saturated rings. The molecule has 1 unspecified atom stereocenters. The molecule has 0 radical (unpaired) electrons. The maximum Gasteiger partial charge on any atom is 0.217 e. The second-order valence-corrected chi connectivity index (χ2v) is 5.78. The quantitative estimate of drug-likeness (QED) is 0.831. The molecule has 0 aromatic carbocycles. The lowest BCUT2D eigenvalue weighted by Crippen LogP contribution is -2.43. The van der Waals surface area contributed by atoms with E-state index in [4.69, 9.17) is 11.6 Å². The van der Waals surface area contributed by atoms with Crippen molar-refractivity contribution in [1.29, 1.82) is 0 Å². The van der Waals surface area contributed by atoms with E-state index in [1.54, 1.807) is 6.92 Å². The van der Waals surface area contributed by atoms with Crippen LogP contribution in [0.15, 0.2) is 6.33 Å². The minimum Gasteiger partial charge on any atom is -0.383 e. The summed E-state index contributed by atoms with van der Waals surface area (Å²) in [5, 5.41) is 6.49. The Labute approximate surface area is 130 Å². The molecule has 1 aliphatic rings. The van der Waals surface area contributed by atoms with Crippen molar-refractivity contribution in [1.82, 2.24) is 15.3 Å². The summed E-state index contributed by atoms with van der Waals surface area (Å²) >= 11 is 6.10. The van der Waals surface area contributed by atoms with Gasteiger partial charge in [0, 0.05) is 33.1 Å². The lowest BCUT2D eigenvalue weighted by Gasteiger charge is -2.36. The molecule has 0 aliphatic carbocycles. The van der Waals surface area contributed by atoms with Crippen LogP contribution < -0.4 is 15.5 Å². The Morgan fingerprint density at radius 1 is 1.43 bits per heavy atom. The zero-order valence-corrected chi connectivity index (χ0v) is 13.4. The van der Waals surface area contributed by atoms with Gasteiger partial charge in [0.05, 0.1) is 0 Å². The number of aromatic nitrogens is 2. The number of hydrogen-bond acceptors (Lipinski definition) is 5. The largest absolute Gasteiger partial charge is 0.383 e. The van der Waals surface area contributed by atoms with Crippen molar-refractivity contribution in [2.45, 2.75) is 32.7 Å². The molecule has 1 aliphatic heterocycles. The number of nitrogens with zero attached hydrogens (tertiary/aromatic N) is 3. The number of rotatable bonds is 4. The number of hydrogen-bond donors (Lipinski definition) is 2. The molecule has 0 bridgehead atoms. The molecular formula is C14H22ClN5O. The van der Waals surface area contributed by atoms with Gasteiger partial charge in [0.2, 0.25) is 5.91 Å². The van der Waals surface area contributed by atoms with Crippen LogP contribution >= 0.6 is 11.6 Å². The van der Waals surface area contributed by atoms with Crippen LogP contribution in [0.4, 0.5) is 11.5 Å². The normalized spacial score (nSPS) is 17.4. The Balaban J connectivity index is 2.01. The van der Waals surface area contributed by atoms with E-state index in [-0.39, 0.29) is 11.9 Å². The van der Waals surface area contributed by atoms with Gasteiger partial charge in [-0.3, -0.25) is 4.79 Å². The van der Waals surface area contributed by atoms with Gasteiger partial charge in [0.1, 0.15) is 12.0 Å². The topological polar surface area (TPSA) is 70.2 Å². The minimum atomic E-state index is 0.0324. The van der Waals surface area contributed by atoms with Crippen LogP contribution in [0.25, 0.3) is 0 Å². The minimum absolute atomic E-state index is 0.0324. The molecule has 1 aromatic rings. The molecule has 116 valence electrons. The fourth-order valence-corrected chi connectivity index (χ4v) is 3.08. The molecule has 1 aromatic heterocycles. The van der Waals surface area contributed by atoms with Crippen molar-refractivity contribution in [3.63, 3.8) is 0 Å². The zero-order valence-electron chi connectivity index (χ0n) is 12.7. The van der Waals surface area contributed by atoms with Gasteiger partial charge in [0.15, 0.2) is 11.0 Å². The maximum atomic E-state index is 11.1. The molecule has 0 spiro atoms. The van der Waals surface area contributed by atoms with Gasteiger partial charge in [-0.1, -0.05) is 11.6 Å². The van der Waals surface area contributed by atoms with E-state index in [0.29, 0.717) is 11.1 Å². The van der Waals surface area contributed by atoms with Gasteiger partial charge in [-0.25, -0.2) is 9.97 Å². The van der Waals surface area contributed by atoms with Gasteiger partial charge in [-0.2, -0.15) is 0 Å². The Hall–Kier alpha value is -1.56. The summed E-state index contributed by atoms with van der Waals surface area (Å²) in [4.78, 5) is 21.7. The number of anilines is 2. The van der Waals surface area contributed by atoms with Crippen LogP contribution in [0.5, 0.6) is 0 Å². The van der Waals surface area contributed by atoms with Crippen molar-refractivity contribution in [3.8, 4) is 0 Å². The molecule has 1 saturated heterocycles. The standard InChI is InChI=1S/C14H22ClN5O/c1-9(19-10(2)21)11-4-6-20(7-5-11)14-12(16-3)13(15)17-8-18-14/h8-9,11,16H,4-7H2,1-3H3,(H,19,21). The Kier molecular flexibility index (Phi) is 5.22. The first-order chi connectivity index (χ1) is 10.0. The van der Waals surface area contributed by atoms with Gasteiger partial charge in [-0.15, -0.1) is 0 Å². The van der Waals surface area contributed by atoms with E-state index >= 15 is 0 Å². The van der Waals surface area contributed by atoms with E-state index in [1.807, 2.05) is 7.05 Å². The highest BCUT2D eigenvalue weighted by Crippen LogP contribution is 2.32. The number of amides is 1. The van der Waals surface area contributed by atoms with Crippen molar-refractivity contribution in [2.75, 3.05) is 30.4 Å². The average molecular weight is 312 g/mol. The first kappa shape index (κ1) is 15.8. The molecule has 6 nitrogen and oxygen atoms in total. The van der Waals surface area contributed by atoms with E-state index < -0.39 is 0 Å². The van der Waals surface area contributed by atoms with Gasteiger partial charge < -0.3 is 15.5 Å². The van der Waals surface area contributed by atoms with Crippen LogP contribution in [-0.4, -0.2) is 42.1 Å². The van der Waals surface area contributed by atoms with Crippen molar-refractivity contribution in [3.05, 3.63) is 11.5 Å². The van der Waals surface area contributed by atoms with Crippen LogP contribution in [0.2, 0.25) is 5.15 Å². The molecule has 7 heteroatoms. The van der Waals surface area contributed by atoms with E-state index in [1.165, 1.54) is 6.33 Å². The second kappa shape index (κ2) is 6.93. The first-order valence-corrected chi connectivity index (χ1v) is 7.61. The summed E-state index contributed by atoms with van der Waals surface area (Å²) in [7, 11) is 1.82. The molecule has 2 N–H and O–H groups in total. The Bertz CT molecular complexity index is 502. The van der Waals surface area contributed by atoms with E-state index in [0.717, 1.165) is 37.4 Å². The summed E-state index contributed by atoms with van der Waals surface area (Å²) < 4.78 is 0. The van der Waals surface area contributed by atoms with Crippen molar-refractivity contribution < 1.29 is 4.79 Å². The molecule has 1 amide bonds. The Morgan fingerprint density at radius 3 is 2.67 bits per heavy atom. The number of carbonyl (C=O) groups excluding carboxylic acids is 1. The van der Waals surface area contributed by atoms with E-state index in [9.17, 15) is 4.79 Å². The van der Waals surface area contributed by atoms with E-state index in [2.05, 4.69) is 32.4 Å². The molecule has 2 rings (SSSR count). The summed E-state index contributed by atoms with van der Waals surface area (Å²) in [6.07, 6.45) is 3.53. The third kappa shape index (κ3) is 3.75. The highest BCUT2D eigenvalue weighted by atomic mass is 35.5. The van der Waals surface area contributed by atoms with Crippen LogP contribution in [0.1, 0.15) is 26.7 Å². The SMILES string of the molecule is CNc1c(Cl)ncnc1N1CCC(C(C)NC(C)=O)CC1. The molecule has 2 heterocycles. The summed E-state index contributed by atoms with van der Waals surface area (Å²) in [6.45, 7) is 5.43. The predicted octanol–water partition coefficient (Wildman–Crippen LogP) is 1.91. The van der Waals surface area contributed by atoms with Crippen LogP contribution in [0, 0.1) is 5.92 Å². The lowest BCUT2D eigenvalue weighted by atomic mass is 9.90. The molecule has 1 atom stereocenters. The number of carbonyl (C=O) groups is 1. The number of nitrogens with one attached hydrogen (secondary N) is 2. The third-order valence-electron chi connectivity index (χ3n) is 4.01. The summed E-state index contributed by atoms with van der Waals surface area (Å²) in [5.41, 5.74) is 0.771. The first-order valence-electron chi connectivity index (χ1n) is 7.23. The average Bonchev–Trinajstić information content (AvgIpc) is 2.46. The number of piperidine rings is 1. The highest BCUT2D eigenvalue weighted by molar-refractivity contribution is 6.32. The van der Waals surface area contributed by atoms with Gasteiger partial charge in [-0.05, 0) is 25.7 Å². The molecule has 0 saturated carbocycles. The Morgan fingerprint density at radius 2 is 2.10 bits per heavy atom. The second-order valence-electron chi connectivity index (χ2n) is 5.43. The highest BCUT2D eigenvalue weighted by Gasteiger charge is 2.26. The fourth-order valence-electron chi connectivity index (χ4n) is 2.86. The molecular weight excluding hydrogens is 290 g/mol. The fraction of sp³-hybridized carbons (Fsp3) is 0.643. The van der Waals surface area contributed by atoms with Crippen molar-refractivity contribution in [2.24, 2.45) is 5.92 Å². The van der Waals surface area contributed by atoms with Gasteiger partial charge >= 0.3 is 0 Å². The van der Waals surface area contributed by atoms with Crippen LogP contribution in [-0.2, 0) is 4.79 Å².